The average Bonchev–Trinajstić information content (AvgIpc) is 2.76. The Hall–Kier alpha value is -0.960. The van der Waals surface area contributed by atoms with Crippen LogP contribution in [0.4, 0.5) is 0 Å². The van der Waals surface area contributed by atoms with Gasteiger partial charge in [0.1, 0.15) is 5.78 Å². The van der Waals surface area contributed by atoms with Crippen LogP contribution in [-0.4, -0.2) is 22.8 Å². The standard InChI is InChI=1S/C19H26O3/c1-18-7-6-13-17(14(18)9-12(20)10-18)15(21)8-11-4-3-5-16(22)19(11,13)2/h8,12-14,17,20H,3-7,9-10H2,1-2H3/t12-,13+,14+,17-,18-,19+/m1/s1. The monoisotopic (exact) mass is 302 g/mol. The fourth-order valence-electron chi connectivity index (χ4n) is 6.28. The average molecular weight is 302 g/mol. The van der Waals surface area contributed by atoms with E-state index in [1.54, 1.807) is 0 Å². The molecule has 3 fully saturated rings. The van der Waals surface area contributed by atoms with E-state index in [9.17, 15) is 14.7 Å². The maximum absolute atomic E-state index is 12.9. The first-order valence-corrected chi connectivity index (χ1v) is 8.82. The van der Waals surface area contributed by atoms with Crippen molar-refractivity contribution in [2.24, 2.45) is 28.6 Å². The van der Waals surface area contributed by atoms with Crippen molar-refractivity contribution in [1.29, 1.82) is 0 Å². The number of aliphatic hydroxyl groups is 1. The van der Waals surface area contributed by atoms with Gasteiger partial charge in [0.15, 0.2) is 5.78 Å². The van der Waals surface area contributed by atoms with Crippen molar-refractivity contribution in [2.45, 2.75) is 64.9 Å². The van der Waals surface area contributed by atoms with Gasteiger partial charge in [-0.15, -0.1) is 0 Å². The van der Waals surface area contributed by atoms with Crippen molar-refractivity contribution in [3.05, 3.63) is 11.6 Å². The fourth-order valence-corrected chi connectivity index (χ4v) is 6.28. The zero-order valence-electron chi connectivity index (χ0n) is 13.6. The minimum Gasteiger partial charge on any atom is -0.393 e. The molecule has 6 atom stereocenters. The number of rotatable bonds is 0. The molecule has 1 N–H and O–H groups in total. The Bertz CT molecular complexity index is 577. The van der Waals surface area contributed by atoms with E-state index >= 15 is 0 Å². The van der Waals surface area contributed by atoms with Gasteiger partial charge in [-0.25, -0.2) is 0 Å². The smallest absolute Gasteiger partial charge is 0.159 e. The number of allylic oxidation sites excluding steroid dienone is 2. The zero-order chi connectivity index (χ0) is 15.7. The largest absolute Gasteiger partial charge is 0.393 e. The van der Waals surface area contributed by atoms with Gasteiger partial charge in [-0.1, -0.05) is 12.5 Å². The Kier molecular flexibility index (Phi) is 3.01. The molecule has 4 rings (SSSR count). The molecule has 0 aromatic carbocycles. The second-order valence-corrected chi connectivity index (χ2v) is 8.58. The highest BCUT2D eigenvalue weighted by atomic mass is 16.3. The van der Waals surface area contributed by atoms with Gasteiger partial charge in [-0.05, 0) is 68.8 Å². The lowest BCUT2D eigenvalue weighted by Gasteiger charge is -2.54. The molecule has 3 saturated carbocycles. The molecule has 120 valence electrons. The molecule has 3 nitrogen and oxygen atoms in total. The molecule has 0 spiro atoms. The van der Waals surface area contributed by atoms with E-state index in [1.165, 1.54) is 0 Å². The Morgan fingerprint density at radius 3 is 2.73 bits per heavy atom. The van der Waals surface area contributed by atoms with E-state index in [1.807, 2.05) is 6.08 Å². The van der Waals surface area contributed by atoms with Crippen LogP contribution < -0.4 is 0 Å². The minimum atomic E-state index is -0.411. The van der Waals surface area contributed by atoms with Gasteiger partial charge in [0, 0.05) is 12.3 Å². The number of fused-ring (bicyclic) bond motifs is 5. The molecule has 0 saturated heterocycles. The molecule has 22 heavy (non-hydrogen) atoms. The SMILES string of the molecule is C[C@]12CC[C@H]3[C@@H](C(=O)C=C4CCCC(=O)[C@@]43C)[C@@H]1C[C@@H](O)C2. The first kappa shape index (κ1) is 14.6. The molecule has 0 aromatic heterocycles. The first-order chi connectivity index (χ1) is 10.4. The number of hydrogen-bond acceptors (Lipinski definition) is 3. The summed E-state index contributed by atoms with van der Waals surface area (Å²) in [5.74, 6) is 0.938. The molecule has 4 aliphatic rings. The Balaban J connectivity index is 1.80. The number of hydrogen-bond donors (Lipinski definition) is 1. The Morgan fingerprint density at radius 1 is 1.18 bits per heavy atom. The molecule has 4 aliphatic carbocycles. The second kappa shape index (κ2) is 4.53. The fraction of sp³-hybridized carbons (Fsp3) is 0.789. The molecule has 0 unspecified atom stereocenters. The molecule has 0 bridgehead atoms. The topological polar surface area (TPSA) is 54.4 Å². The Labute approximate surface area is 132 Å². The quantitative estimate of drug-likeness (QED) is 0.748. The summed E-state index contributed by atoms with van der Waals surface area (Å²) in [5, 5.41) is 10.2. The molecular formula is C19H26O3. The summed E-state index contributed by atoms with van der Waals surface area (Å²) in [6.07, 6.45) is 7.54. The molecule has 0 aromatic rings. The van der Waals surface area contributed by atoms with Crippen LogP contribution >= 0.6 is 0 Å². The third-order valence-electron chi connectivity index (χ3n) is 7.50. The minimum absolute atomic E-state index is 0.0494. The van der Waals surface area contributed by atoms with Gasteiger partial charge >= 0.3 is 0 Å². The summed E-state index contributed by atoms with van der Waals surface area (Å²) < 4.78 is 0. The van der Waals surface area contributed by atoms with E-state index in [4.69, 9.17) is 0 Å². The van der Waals surface area contributed by atoms with Crippen molar-refractivity contribution in [2.75, 3.05) is 0 Å². The summed E-state index contributed by atoms with van der Waals surface area (Å²) in [5.41, 5.74) is 0.763. The van der Waals surface area contributed by atoms with Crippen LogP contribution in [0.15, 0.2) is 11.6 Å². The third kappa shape index (κ3) is 1.72. The van der Waals surface area contributed by atoms with E-state index < -0.39 is 5.41 Å². The maximum atomic E-state index is 12.9. The maximum Gasteiger partial charge on any atom is 0.159 e. The van der Waals surface area contributed by atoms with Crippen LogP contribution in [0.1, 0.15) is 58.8 Å². The molecule has 0 aliphatic heterocycles. The summed E-state index contributed by atoms with van der Waals surface area (Å²) in [4.78, 5) is 25.6. The summed E-state index contributed by atoms with van der Waals surface area (Å²) in [6, 6.07) is 0. The highest BCUT2D eigenvalue weighted by molar-refractivity contribution is 6.00. The first-order valence-electron chi connectivity index (χ1n) is 8.82. The zero-order valence-corrected chi connectivity index (χ0v) is 13.6. The molecular weight excluding hydrogens is 276 g/mol. The summed E-state index contributed by atoms with van der Waals surface area (Å²) in [7, 11) is 0. The number of Topliss-reactive ketones (excluding diaryl/α,β-unsaturated/α-hetero) is 1. The van der Waals surface area contributed by atoms with Crippen LogP contribution in [0.2, 0.25) is 0 Å². The normalized spacial score (nSPS) is 51.0. The summed E-state index contributed by atoms with van der Waals surface area (Å²) in [6.45, 7) is 4.33. The van der Waals surface area contributed by atoms with Crippen molar-refractivity contribution in [3.63, 3.8) is 0 Å². The lowest BCUT2D eigenvalue weighted by molar-refractivity contribution is -0.142. The highest BCUT2D eigenvalue weighted by Gasteiger charge is 2.61. The lowest BCUT2D eigenvalue weighted by atomic mass is 9.47. The second-order valence-electron chi connectivity index (χ2n) is 8.58. The number of aliphatic hydroxyl groups excluding tert-OH is 1. The van der Waals surface area contributed by atoms with Crippen molar-refractivity contribution >= 4 is 11.6 Å². The summed E-state index contributed by atoms with van der Waals surface area (Å²) >= 11 is 0. The number of carbonyl (C=O) groups excluding carboxylic acids is 2. The van der Waals surface area contributed by atoms with Gasteiger partial charge in [-0.3, -0.25) is 9.59 Å². The van der Waals surface area contributed by atoms with Gasteiger partial charge < -0.3 is 5.11 Å². The molecule has 0 heterocycles. The number of ketones is 2. The van der Waals surface area contributed by atoms with Gasteiger partial charge in [0.25, 0.3) is 0 Å². The van der Waals surface area contributed by atoms with Crippen LogP contribution in [-0.2, 0) is 9.59 Å². The van der Waals surface area contributed by atoms with Gasteiger partial charge in [0.05, 0.1) is 11.5 Å². The molecule has 0 radical (unpaired) electrons. The van der Waals surface area contributed by atoms with Crippen molar-refractivity contribution < 1.29 is 14.7 Å². The number of carbonyl (C=O) groups is 2. The van der Waals surface area contributed by atoms with E-state index in [2.05, 4.69) is 13.8 Å². The van der Waals surface area contributed by atoms with Gasteiger partial charge in [0.2, 0.25) is 0 Å². The van der Waals surface area contributed by atoms with E-state index in [0.717, 1.165) is 44.1 Å². The van der Waals surface area contributed by atoms with Crippen molar-refractivity contribution in [1.82, 2.24) is 0 Å². The van der Waals surface area contributed by atoms with Gasteiger partial charge in [-0.2, -0.15) is 0 Å². The Morgan fingerprint density at radius 2 is 1.95 bits per heavy atom. The van der Waals surface area contributed by atoms with Crippen LogP contribution in [0.25, 0.3) is 0 Å². The van der Waals surface area contributed by atoms with E-state index in [-0.39, 0.29) is 35.1 Å². The predicted octanol–water partition coefficient (Wildman–Crippen LogP) is 3.06. The van der Waals surface area contributed by atoms with Crippen LogP contribution in [0, 0.1) is 28.6 Å². The third-order valence-corrected chi connectivity index (χ3v) is 7.50. The predicted molar refractivity (Wildman–Crippen MR) is 83.1 cm³/mol. The molecule has 3 heteroatoms. The van der Waals surface area contributed by atoms with Crippen LogP contribution in [0.5, 0.6) is 0 Å². The highest BCUT2D eigenvalue weighted by Crippen LogP contribution is 2.63. The van der Waals surface area contributed by atoms with Crippen molar-refractivity contribution in [3.8, 4) is 0 Å². The lowest BCUT2D eigenvalue weighted by Crippen LogP contribution is -2.54. The van der Waals surface area contributed by atoms with Crippen LogP contribution in [0.3, 0.4) is 0 Å². The van der Waals surface area contributed by atoms with E-state index in [0.29, 0.717) is 12.2 Å². The molecule has 0 amide bonds.